The van der Waals surface area contributed by atoms with Crippen molar-refractivity contribution in [1.29, 1.82) is 0 Å². The number of hydrogen-bond donors (Lipinski definition) is 0. The van der Waals surface area contributed by atoms with Gasteiger partial charge in [0.1, 0.15) is 0 Å². The van der Waals surface area contributed by atoms with Gasteiger partial charge in [0.25, 0.3) is 0 Å². The molecule has 0 aromatic carbocycles. The van der Waals surface area contributed by atoms with Crippen molar-refractivity contribution in [3.05, 3.63) is 18.3 Å². The first-order chi connectivity index (χ1) is 9.66. The molecule has 108 valence electrons. The standard InChI is InChI=1S/C14H21N5O/c1-11-10-19(8-5-9-20-11)14-16-15-13(18(14)3)12-6-4-7-17(12)2/h4,6-7,11H,5,8-10H2,1-3H3/t11-/m1/s1. The third-order valence-electron chi connectivity index (χ3n) is 3.76. The maximum Gasteiger partial charge on any atom is 0.227 e. The van der Waals surface area contributed by atoms with Gasteiger partial charge in [-0.05, 0) is 25.5 Å². The SMILES string of the molecule is C[C@@H]1CN(c2nnc(-c3cccn3C)n2C)CCCO1. The molecule has 1 saturated heterocycles. The van der Waals surface area contributed by atoms with Crippen LogP contribution in [-0.4, -0.2) is 45.1 Å². The van der Waals surface area contributed by atoms with Crippen LogP contribution in [0.15, 0.2) is 18.3 Å². The van der Waals surface area contributed by atoms with Crippen molar-refractivity contribution in [3.8, 4) is 11.5 Å². The molecular formula is C14H21N5O. The fraction of sp³-hybridized carbons (Fsp3) is 0.571. The molecule has 6 nitrogen and oxygen atoms in total. The zero-order valence-electron chi connectivity index (χ0n) is 12.3. The summed E-state index contributed by atoms with van der Waals surface area (Å²) in [6.07, 6.45) is 3.27. The molecule has 6 heteroatoms. The third kappa shape index (κ3) is 2.31. The molecule has 0 amide bonds. The largest absolute Gasteiger partial charge is 0.377 e. The van der Waals surface area contributed by atoms with Crippen molar-refractivity contribution >= 4 is 5.95 Å². The Kier molecular flexibility index (Phi) is 3.48. The number of hydrogen-bond acceptors (Lipinski definition) is 4. The maximum absolute atomic E-state index is 5.69. The minimum Gasteiger partial charge on any atom is -0.377 e. The monoisotopic (exact) mass is 275 g/mol. The lowest BCUT2D eigenvalue weighted by atomic mass is 10.3. The van der Waals surface area contributed by atoms with E-state index < -0.39 is 0 Å². The number of anilines is 1. The second-order valence-electron chi connectivity index (χ2n) is 5.37. The zero-order valence-corrected chi connectivity index (χ0v) is 12.3. The summed E-state index contributed by atoms with van der Waals surface area (Å²) in [5, 5.41) is 8.74. The molecule has 0 spiro atoms. The van der Waals surface area contributed by atoms with Crippen LogP contribution in [0, 0.1) is 0 Å². The van der Waals surface area contributed by atoms with Crippen LogP contribution in [0.3, 0.4) is 0 Å². The van der Waals surface area contributed by atoms with Crippen LogP contribution in [0.1, 0.15) is 13.3 Å². The van der Waals surface area contributed by atoms with E-state index in [-0.39, 0.29) is 6.10 Å². The van der Waals surface area contributed by atoms with Crippen molar-refractivity contribution in [2.75, 3.05) is 24.6 Å². The van der Waals surface area contributed by atoms with Crippen molar-refractivity contribution in [2.45, 2.75) is 19.4 Å². The molecule has 1 atom stereocenters. The minimum atomic E-state index is 0.229. The first-order valence-electron chi connectivity index (χ1n) is 7.04. The summed E-state index contributed by atoms with van der Waals surface area (Å²) >= 11 is 0. The average Bonchev–Trinajstić information content (AvgIpc) is 2.92. The van der Waals surface area contributed by atoms with E-state index in [9.17, 15) is 0 Å². The smallest absolute Gasteiger partial charge is 0.227 e. The van der Waals surface area contributed by atoms with Crippen LogP contribution in [0.2, 0.25) is 0 Å². The molecule has 0 N–H and O–H groups in total. The Morgan fingerprint density at radius 1 is 1.30 bits per heavy atom. The van der Waals surface area contributed by atoms with Crippen LogP contribution in [0.5, 0.6) is 0 Å². The van der Waals surface area contributed by atoms with Crippen LogP contribution in [0.4, 0.5) is 5.95 Å². The van der Waals surface area contributed by atoms with Crippen molar-refractivity contribution in [2.24, 2.45) is 14.1 Å². The molecule has 3 heterocycles. The number of aryl methyl sites for hydroxylation is 1. The Balaban J connectivity index is 1.92. The van der Waals surface area contributed by atoms with Crippen LogP contribution in [-0.2, 0) is 18.8 Å². The van der Waals surface area contributed by atoms with Crippen molar-refractivity contribution in [3.63, 3.8) is 0 Å². The second kappa shape index (κ2) is 5.28. The topological polar surface area (TPSA) is 48.1 Å². The van der Waals surface area contributed by atoms with Gasteiger partial charge in [-0.15, -0.1) is 10.2 Å². The predicted octanol–water partition coefficient (Wildman–Crippen LogP) is 1.44. The van der Waals surface area contributed by atoms with E-state index in [4.69, 9.17) is 4.74 Å². The summed E-state index contributed by atoms with van der Waals surface area (Å²) < 4.78 is 9.81. The molecule has 0 unspecified atom stereocenters. The molecule has 0 radical (unpaired) electrons. The number of nitrogens with zero attached hydrogens (tertiary/aromatic N) is 5. The van der Waals surface area contributed by atoms with Gasteiger partial charge in [0.15, 0.2) is 5.82 Å². The quantitative estimate of drug-likeness (QED) is 0.832. The van der Waals surface area contributed by atoms with Gasteiger partial charge in [-0.1, -0.05) is 0 Å². The average molecular weight is 275 g/mol. The van der Waals surface area contributed by atoms with Gasteiger partial charge in [0.05, 0.1) is 11.8 Å². The van der Waals surface area contributed by atoms with E-state index in [1.807, 2.05) is 26.4 Å². The van der Waals surface area contributed by atoms with Gasteiger partial charge < -0.3 is 14.2 Å². The Labute approximate surface area is 119 Å². The minimum absolute atomic E-state index is 0.229. The first kappa shape index (κ1) is 13.2. The highest BCUT2D eigenvalue weighted by Crippen LogP contribution is 2.22. The molecule has 0 saturated carbocycles. The van der Waals surface area contributed by atoms with E-state index in [1.165, 1.54) is 0 Å². The lowest BCUT2D eigenvalue weighted by Gasteiger charge is -2.22. The summed E-state index contributed by atoms with van der Waals surface area (Å²) in [5.41, 5.74) is 1.07. The first-order valence-corrected chi connectivity index (χ1v) is 7.04. The molecule has 2 aromatic rings. The van der Waals surface area contributed by atoms with Gasteiger partial charge in [-0.25, -0.2) is 0 Å². The van der Waals surface area contributed by atoms with Gasteiger partial charge in [-0.3, -0.25) is 4.57 Å². The van der Waals surface area contributed by atoms with Gasteiger partial charge in [-0.2, -0.15) is 0 Å². The Bertz CT molecular complexity index is 588. The van der Waals surface area contributed by atoms with Crippen molar-refractivity contribution < 1.29 is 4.74 Å². The third-order valence-corrected chi connectivity index (χ3v) is 3.76. The Morgan fingerprint density at radius 3 is 2.90 bits per heavy atom. The summed E-state index contributed by atoms with van der Waals surface area (Å²) in [5.74, 6) is 1.81. The fourth-order valence-electron chi connectivity index (χ4n) is 2.69. The number of rotatable bonds is 2. The van der Waals surface area contributed by atoms with E-state index in [0.717, 1.165) is 43.6 Å². The van der Waals surface area contributed by atoms with Gasteiger partial charge in [0.2, 0.25) is 5.95 Å². The lowest BCUT2D eigenvalue weighted by molar-refractivity contribution is 0.0820. The summed E-state index contributed by atoms with van der Waals surface area (Å²) in [4.78, 5) is 2.26. The normalized spacial score (nSPS) is 20.1. The lowest BCUT2D eigenvalue weighted by Crippen LogP contribution is -2.32. The molecular weight excluding hydrogens is 254 g/mol. The second-order valence-corrected chi connectivity index (χ2v) is 5.37. The van der Waals surface area contributed by atoms with Gasteiger partial charge >= 0.3 is 0 Å². The van der Waals surface area contributed by atoms with Crippen molar-refractivity contribution in [1.82, 2.24) is 19.3 Å². The van der Waals surface area contributed by atoms with E-state index in [0.29, 0.717) is 0 Å². The van der Waals surface area contributed by atoms with Gasteiger partial charge in [0, 0.05) is 40.0 Å². The highest BCUT2D eigenvalue weighted by Gasteiger charge is 2.21. The Morgan fingerprint density at radius 2 is 2.15 bits per heavy atom. The molecule has 1 aliphatic heterocycles. The van der Waals surface area contributed by atoms with E-state index in [1.54, 1.807) is 0 Å². The number of aromatic nitrogens is 4. The maximum atomic E-state index is 5.69. The summed E-state index contributed by atoms with van der Waals surface area (Å²) in [7, 11) is 4.04. The molecule has 1 aliphatic rings. The molecule has 3 rings (SSSR count). The zero-order chi connectivity index (χ0) is 14.1. The summed E-state index contributed by atoms with van der Waals surface area (Å²) in [6, 6.07) is 4.08. The van der Waals surface area contributed by atoms with E-state index >= 15 is 0 Å². The van der Waals surface area contributed by atoms with Crippen LogP contribution >= 0.6 is 0 Å². The predicted molar refractivity (Wildman–Crippen MR) is 77.7 cm³/mol. The van der Waals surface area contributed by atoms with E-state index in [2.05, 4.69) is 37.2 Å². The molecule has 0 aliphatic carbocycles. The highest BCUT2D eigenvalue weighted by molar-refractivity contribution is 5.54. The molecule has 1 fully saturated rings. The fourth-order valence-corrected chi connectivity index (χ4v) is 2.69. The molecule has 2 aromatic heterocycles. The van der Waals surface area contributed by atoms with Crippen LogP contribution in [0.25, 0.3) is 11.5 Å². The molecule has 0 bridgehead atoms. The van der Waals surface area contributed by atoms with Crippen LogP contribution < -0.4 is 4.90 Å². The molecule has 20 heavy (non-hydrogen) atoms. The summed E-state index contributed by atoms with van der Waals surface area (Å²) in [6.45, 7) is 4.75. The Hall–Kier alpha value is -1.82. The number of ether oxygens (including phenoxy) is 1. The highest BCUT2D eigenvalue weighted by atomic mass is 16.5.